The maximum absolute atomic E-state index is 12.4. The molecule has 4 heteroatoms. The lowest BCUT2D eigenvalue weighted by atomic mass is 10.0. The second kappa shape index (κ2) is 9.08. The summed E-state index contributed by atoms with van der Waals surface area (Å²) in [5, 5.41) is 3.28. The van der Waals surface area contributed by atoms with Crippen molar-refractivity contribution < 1.29 is 13.2 Å². The Hall–Kier alpha value is -1.03. The first-order chi connectivity index (χ1) is 9.89. The molecule has 0 spiro atoms. The summed E-state index contributed by atoms with van der Waals surface area (Å²) in [5.74, 6) is 0.780. The van der Waals surface area contributed by atoms with Crippen LogP contribution in [0.25, 0.3) is 0 Å². The molecule has 0 heterocycles. The van der Waals surface area contributed by atoms with Crippen molar-refractivity contribution >= 4 is 0 Å². The van der Waals surface area contributed by atoms with Gasteiger partial charge in [0.1, 0.15) is 0 Å². The molecule has 0 radical (unpaired) electrons. The number of hydrogen-bond donors (Lipinski definition) is 1. The normalized spacial score (nSPS) is 12.1. The van der Waals surface area contributed by atoms with Gasteiger partial charge in [-0.15, -0.1) is 0 Å². The number of rotatable bonds is 9. The van der Waals surface area contributed by atoms with E-state index in [-0.39, 0.29) is 0 Å². The highest BCUT2D eigenvalue weighted by Gasteiger charge is 2.29. The Bertz CT molecular complexity index is 382. The number of benzene rings is 1. The third-order valence-electron chi connectivity index (χ3n) is 3.50. The van der Waals surface area contributed by atoms with Crippen LogP contribution < -0.4 is 5.32 Å². The molecule has 120 valence electrons. The topological polar surface area (TPSA) is 12.0 Å². The zero-order chi connectivity index (χ0) is 15.7. The summed E-state index contributed by atoms with van der Waals surface area (Å²) in [6.07, 6.45) is 1.93. The van der Waals surface area contributed by atoms with Crippen molar-refractivity contribution in [3.63, 3.8) is 0 Å². The minimum absolute atomic E-state index is 0.587. The molecule has 0 saturated carbocycles. The molecule has 1 rings (SSSR count). The molecule has 1 N–H and O–H groups in total. The predicted molar refractivity (Wildman–Crippen MR) is 81.1 cm³/mol. The first kappa shape index (κ1) is 18.0. The van der Waals surface area contributed by atoms with Gasteiger partial charge < -0.3 is 5.32 Å². The second-order valence-corrected chi connectivity index (χ2v) is 5.97. The van der Waals surface area contributed by atoms with Crippen molar-refractivity contribution in [1.82, 2.24) is 5.32 Å². The van der Waals surface area contributed by atoms with Gasteiger partial charge in [0.15, 0.2) is 0 Å². The van der Waals surface area contributed by atoms with Crippen molar-refractivity contribution in [2.24, 2.45) is 5.92 Å². The average Bonchev–Trinajstić information content (AvgIpc) is 2.41. The maximum atomic E-state index is 12.4. The predicted octanol–water partition coefficient (Wildman–Crippen LogP) is 5.40. The summed E-state index contributed by atoms with van der Waals surface area (Å²) >= 11 is 0. The van der Waals surface area contributed by atoms with E-state index in [0.717, 1.165) is 36.6 Å². The lowest BCUT2D eigenvalue weighted by Gasteiger charge is -2.09. The Balaban J connectivity index is 2.10. The van der Waals surface area contributed by atoms with Gasteiger partial charge >= 0.3 is 6.18 Å². The lowest BCUT2D eigenvalue weighted by molar-refractivity contribution is -0.137. The summed E-state index contributed by atoms with van der Waals surface area (Å²) in [7, 11) is 0. The number of unbranched alkanes of at least 4 members (excludes halogenated alkanes) is 3. The third kappa shape index (κ3) is 8.10. The van der Waals surface area contributed by atoms with Gasteiger partial charge in [0.2, 0.25) is 0 Å². The lowest BCUT2D eigenvalue weighted by Crippen LogP contribution is -2.15. The van der Waals surface area contributed by atoms with Crippen LogP contribution in [0.2, 0.25) is 0 Å². The van der Waals surface area contributed by atoms with Crippen LogP contribution in [0, 0.1) is 5.92 Å². The molecule has 0 aliphatic rings. The number of nitrogens with one attached hydrogen (secondary N) is 1. The minimum Gasteiger partial charge on any atom is -0.313 e. The minimum atomic E-state index is -4.25. The molecular weight excluding hydrogens is 275 g/mol. The fourth-order valence-corrected chi connectivity index (χ4v) is 2.20. The fourth-order valence-electron chi connectivity index (χ4n) is 2.20. The van der Waals surface area contributed by atoms with Gasteiger partial charge in [-0.25, -0.2) is 0 Å². The highest BCUT2D eigenvalue weighted by Crippen LogP contribution is 2.29. The Kier molecular flexibility index (Phi) is 7.79. The fraction of sp³-hybridized carbons (Fsp3) is 0.647. The van der Waals surface area contributed by atoms with E-state index in [1.54, 1.807) is 12.1 Å². The SMILES string of the molecule is CC(C)CCCCCCNCc1ccc(C(F)(F)F)cc1. The van der Waals surface area contributed by atoms with Crippen LogP contribution in [-0.4, -0.2) is 6.54 Å². The van der Waals surface area contributed by atoms with Crippen LogP contribution in [0.4, 0.5) is 13.2 Å². The first-order valence-electron chi connectivity index (χ1n) is 7.76. The Morgan fingerprint density at radius 2 is 1.57 bits per heavy atom. The van der Waals surface area contributed by atoms with Crippen LogP contribution in [0.3, 0.4) is 0 Å². The van der Waals surface area contributed by atoms with Crippen molar-refractivity contribution in [2.75, 3.05) is 6.54 Å². The third-order valence-corrected chi connectivity index (χ3v) is 3.50. The zero-order valence-electron chi connectivity index (χ0n) is 13.0. The van der Waals surface area contributed by atoms with Crippen LogP contribution in [0.5, 0.6) is 0 Å². The Labute approximate surface area is 125 Å². The van der Waals surface area contributed by atoms with Gasteiger partial charge in [-0.2, -0.15) is 13.2 Å². The van der Waals surface area contributed by atoms with Crippen LogP contribution in [0.1, 0.15) is 57.1 Å². The maximum Gasteiger partial charge on any atom is 0.416 e. The van der Waals surface area contributed by atoms with E-state index < -0.39 is 11.7 Å². The van der Waals surface area contributed by atoms with E-state index in [1.165, 1.54) is 25.7 Å². The first-order valence-corrected chi connectivity index (χ1v) is 7.76. The number of alkyl halides is 3. The summed E-state index contributed by atoms with van der Waals surface area (Å²) < 4.78 is 37.2. The molecule has 0 aromatic heterocycles. The molecule has 0 bridgehead atoms. The van der Waals surface area contributed by atoms with E-state index in [4.69, 9.17) is 0 Å². The quantitative estimate of drug-likeness (QED) is 0.602. The summed E-state index contributed by atoms with van der Waals surface area (Å²) in [6, 6.07) is 5.36. The molecule has 0 saturated heterocycles. The van der Waals surface area contributed by atoms with E-state index in [1.807, 2.05) is 0 Å². The molecular formula is C17H26F3N. The molecule has 1 nitrogen and oxygen atoms in total. The second-order valence-electron chi connectivity index (χ2n) is 5.97. The molecule has 0 aliphatic heterocycles. The van der Waals surface area contributed by atoms with E-state index in [9.17, 15) is 13.2 Å². The molecule has 0 amide bonds. The molecule has 1 aromatic rings. The van der Waals surface area contributed by atoms with Crippen LogP contribution in [-0.2, 0) is 12.7 Å². The average molecular weight is 301 g/mol. The largest absolute Gasteiger partial charge is 0.416 e. The summed E-state index contributed by atoms with van der Waals surface area (Å²) in [4.78, 5) is 0. The summed E-state index contributed by atoms with van der Waals surface area (Å²) in [6.45, 7) is 6.03. The van der Waals surface area contributed by atoms with Gasteiger partial charge in [-0.05, 0) is 36.6 Å². The van der Waals surface area contributed by atoms with Gasteiger partial charge in [-0.3, -0.25) is 0 Å². The van der Waals surface area contributed by atoms with E-state index in [0.29, 0.717) is 6.54 Å². The van der Waals surface area contributed by atoms with Crippen LogP contribution >= 0.6 is 0 Å². The highest BCUT2D eigenvalue weighted by molar-refractivity contribution is 5.24. The zero-order valence-corrected chi connectivity index (χ0v) is 13.0. The Morgan fingerprint density at radius 3 is 2.14 bits per heavy atom. The molecule has 0 atom stereocenters. The van der Waals surface area contributed by atoms with Gasteiger partial charge in [0, 0.05) is 6.54 Å². The van der Waals surface area contributed by atoms with Gasteiger partial charge in [0.05, 0.1) is 5.56 Å². The highest BCUT2D eigenvalue weighted by atomic mass is 19.4. The van der Waals surface area contributed by atoms with Crippen LogP contribution in [0.15, 0.2) is 24.3 Å². The van der Waals surface area contributed by atoms with Crippen molar-refractivity contribution in [2.45, 2.75) is 58.7 Å². The van der Waals surface area contributed by atoms with Crippen molar-refractivity contribution in [3.8, 4) is 0 Å². The van der Waals surface area contributed by atoms with E-state index >= 15 is 0 Å². The molecule has 0 unspecified atom stereocenters. The number of hydrogen-bond acceptors (Lipinski definition) is 1. The van der Waals surface area contributed by atoms with Gasteiger partial charge in [0.25, 0.3) is 0 Å². The molecule has 0 aliphatic carbocycles. The molecule has 21 heavy (non-hydrogen) atoms. The monoisotopic (exact) mass is 301 g/mol. The smallest absolute Gasteiger partial charge is 0.313 e. The van der Waals surface area contributed by atoms with Crippen molar-refractivity contribution in [3.05, 3.63) is 35.4 Å². The molecule has 1 aromatic carbocycles. The number of halogens is 3. The van der Waals surface area contributed by atoms with E-state index in [2.05, 4.69) is 19.2 Å². The van der Waals surface area contributed by atoms with Gasteiger partial charge in [-0.1, -0.05) is 51.7 Å². The molecule has 0 fully saturated rings. The summed E-state index contributed by atoms with van der Waals surface area (Å²) in [5.41, 5.74) is 0.305. The van der Waals surface area contributed by atoms with Crippen molar-refractivity contribution in [1.29, 1.82) is 0 Å². The Morgan fingerprint density at radius 1 is 0.952 bits per heavy atom. The standard InChI is InChI=1S/C17H26F3N/c1-14(2)7-5-3-4-6-12-21-13-15-8-10-16(11-9-15)17(18,19)20/h8-11,14,21H,3-7,12-13H2,1-2H3.